The maximum atomic E-state index is 12.0. The van der Waals surface area contributed by atoms with Gasteiger partial charge in [-0.15, -0.1) is 0 Å². The van der Waals surface area contributed by atoms with Crippen LogP contribution in [0.25, 0.3) is 22.9 Å². The first kappa shape index (κ1) is 14.4. The predicted molar refractivity (Wildman–Crippen MR) is 83.8 cm³/mol. The van der Waals surface area contributed by atoms with Crippen molar-refractivity contribution in [1.82, 2.24) is 15.0 Å². The van der Waals surface area contributed by atoms with Gasteiger partial charge in [-0.2, -0.15) is 0 Å². The van der Waals surface area contributed by atoms with Crippen molar-refractivity contribution >= 4 is 28.6 Å². The van der Waals surface area contributed by atoms with Crippen molar-refractivity contribution in [3.8, 4) is 0 Å². The van der Waals surface area contributed by atoms with Crippen molar-refractivity contribution in [2.75, 3.05) is 0 Å². The maximum absolute atomic E-state index is 12.0. The highest BCUT2D eigenvalue weighted by atomic mass is 16.6. The van der Waals surface area contributed by atoms with Gasteiger partial charge in [-0.05, 0) is 18.2 Å². The monoisotopic (exact) mass is 310 g/mol. The Balaban J connectivity index is 2.09. The third-order valence-electron chi connectivity index (χ3n) is 3.14. The van der Waals surface area contributed by atoms with E-state index >= 15 is 0 Å². The Hall–Kier alpha value is -3.55. The number of hydrogen-bond donors (Lipinski definition) is 2. The molecule has 1 aromatic carbocycles. The van der Waals surface area contributed by atoms with Gasteiger partial charge in [0.05, 0.1) is 16.0 Å². The van der Waals surface area contributed by atoms with Crippen LogP contribution < -0.4 is 5.56 Å². The van der Waals surface area contributed by atoms with E-state index in [-0.39, 0.29) is 22.7 Å². The van der Waals surface area contributed by atoms with E-state index in [9.17, 15) is 20.0 Å². The van der Waals surface area contributed by atoms with E-state index in [1.165, 1.54) is 30.5 Å². The molecule has 114 valence electrons. The number of aromatic nitrogens is 3. The van der Waals surface area contributed by atoms with E-state index < -0.39 is 10.5 Å². The smallest absolute Gasteiger partial charge is 0.274 e. The van der Waals surface area contributed by atoms with Crippen molar-refractivity contribution in [3.63, 3.8) is 0 Å². The molecule has 0 atom stereocenters. The quantitative estimate of drug-likeness (QED) is 0.435. The lowest BCUT2D eigenvalue weighted by Gasteiger charge is -2.01. The molecule has 0 spiro atoms. The number of rotatable bonds is 3. The Morgan fingerprint density at radius 1 is 1.35 bits per heavy atom. The second kappa shape index (κ2) is 5.68. The highest BCUT2D eigenvalue weighted by Gasteiger charge is 2.10. The summed E-state index contributed by atoms with van der Waals surface area (Å²) in [6.45, 7) is 0. The molecule has 0 saturated heterocycles. The second-order valence-electron chi connectivity index (χ2n) is 4.68. The molecule has 0 amide bonds. The molecule has 0 fully saturated rings. The molecule has 8 nitrogen and oxygen atoms in total. The lowest BCUT2D eigenvalue weighted by molar-refractivity contribution is -0.384. The van der Waals surface area contributed by atoms with Crippen LogP contribution in [0.1, 0.15) is 11.3 Å². The van der Waals surface area contributed by atoms with Gasteiger partial charge in [0, 0.05) is 36.2 Å². The number of nitro benzene ring substituents is 1. The minimum Gasteiger partial charge on any atom is -0.507 e. The summed E-state index contributed by atoms with van der Waals surface area (Å²) in [7, 11) is 0. The number of aromatic amines is 1. The molecule has 23 heavy (non-hydrogen) atoms. The zero-order valence-electron chi connectivity index (χ0n) is 11.6. The number of non-ortho nitro benzene ring substituents is 1. The van der Waals surface area contributed by atoms with E-state index in [0.717, 1.165) is 0 Å². The molecular formula is C15H10N4O4. The lowest BCUT2D eigenvalue weighted by atomic mass is 10.2. The molecule has 0 bridgehead atoms. The minimum absolute atomic E-state index is 0.00675. The zero-order chi connectivity index (χ0) is 16.4. The lowest BCUT2D eigenvalue weighted by Crippen LogP contribution is -2.12. The van der Waals surface area contributed by atoms with Gasteiger partial charge in [0.25, 0.3) is 11.2 Å². The molecule has 3 rings (SSSR count). The first-order valence-electron chi connectivity index (χ1n) is 6.54. The van der Waals surface area contributed by atoms with E-state index in [2.05, 4.69) is 15.0 Å². The fourth-order valence-electron chi connectivity index (χ4n) is 2.03. The Kier molecular flexibility index (Phi) is 3.55. The average molecular weight is 310 g/mol. The molecule has 0 aliphatic rings. The number of H-pyrrole nitrogens is 1. The molecule has 2 aromatic heterocycles. The molecule has 2 N–H and O–H groups in total. The highest BCUT2D eigenvalue weighted by molar-refractivity contribution is 5.80. The predicted octanol–water partition coefficient (Wildman–Crippen LogP) is 2.28. The van der Waals surface area contributed by atoms with E-state index in [1.54, 1.807) is 18.3 Å². The summed E-state index contributed by atoms with van der Waals surface area (Å²) in [6.07, 6.45) is 4.23. The van der Waals surface area contributed by atoms with Crippen molar-refractivity contribution in [1.29, 1.82) is 0 Å². The van der Waals surface area contributed by atoms with E-state index in [0.29, 0.717) is 11.1 Å². The summed E-state index contributed by atoms with van der Waals surface area (Å²) in [5, 5.41) is 20.8. The van der Waals surface area contributed by atoms with Crippen LogP contribution in [-0.4, -0.2) is 25.0 Å². The van der Waals surface area contributed by atoms with Gasteiger partial charge in [0.2, 0.25) is 0 Å². The first-order valence-corrected chi connectivity index (χ1v) is 6.54. The van der Waals surface area contributed by atoms with Crippen molar-refractivity contribution in [2.24, 2.45) is 0 Å². The van der Waals surface area contributed by atoms with Crippen LogP contribution in [0.15, 0.2) is 47.5 Å². The fraction of sp³-hybridized carbons (Fsp3) is 0. The zero-order valence-corrected chi connectivity index (χ0v) is 11.6. The fourth-order valence-corrected chi connectivity index (χ4v) is 2.03. The third kappa shape index (κ3) is 2.91. The number of nitro groups is 1. The van der Waals surface area contributed by atoms with Crippen LogP contribution in [-0.2, 0) is 0 Å². The van der Waals surface area contributed by atoms with Crippen LogP contribution in [0.4, 0.5) is 5.69 Å². The summed E-state index contributed by atoms with van der Waals surface area (Å²) in [6, 6.07) is 7.25. The standard InChI is InChI=1S/C15H10N4O4/c20-14(9-2-1-5-16-8-9)7-13-15(21)18-12-6-10(19(22)23)3-4-11(12)17-13/h1-8,20H,(H,18,21)/b14-7-. The van der Waals surface area contributed by atoms with Crippen LogP contribution in [0.5, 0.6) is 0 Å². The van der Waals surface area contributed by atoms with Crippen molar-refractivity contribution in [2.45, 2.75) is 0 Å². The summed E-state index contributed by atoms with van der Waals surface area (Å²) >= 11 is 0. The third-order valence-corrected chi connectivity index (χ3v) is 3.14. The highest BCUT2D eigenvalue weighted by Crippen LogP contribution is 2.18. The largest absolute Gasteiger partial charge is 0.507 e. The number of aliphatic hydroxyl groups is 1. The van der Waals surface area contributed by atoms with Crippen LogP contribution >= 0.6 is 0 Å². The maximum Gasteiger partial charge on any atom is 0.274 e. The number of hydrogen-bond acceptors (Lipinski definition) is 6. The molecule has 0 radical (unpaired) electrons. The van der Waals surface area contributed by atoms with Crippen molar-refractivity contribution in [3.05, 3.63) is 74.5 Å². The Labute approximate surface area is 128 Å². The molecule has 0 aliphatic carbocycles. The average Bonchev–Trinajstić information content (AvgIpc) is 2.55. The van der Waals surface area contributed by atoms with Gasteiger partial charge < -0.3 is 10.1 Å². The molecule has 0 unspecified atom stereocenters. The Morgan fingerprint density at radius 3 is 2.87 bits per heavy atom. The Morgan fingerprint density at radius 2 is 2.17 bits per heavy atom. The molecule has 8 heteroatoms. The number of nitrogens with one attached hydrogen (secondary N) is 1. The summed E-state index contributed by atoms with van der Waals surface area (Å²) < 4.78 is 0. The SMILES string of the molecule is O=c1[nH]c2cc([N+](=O)[O-])ccc2nc1/C=C(\O)c1cccnc1. The van der Waals surface area contributed by atoms with Gasteiger partial charge in [-0.25, -0.2) is 4.98 Å². The number of benzene rings is 1. The number of pyridine rings is 1. The second-order valence-corrected chi connectivity index (χ2v) is 4.68. The Bertz CT molecular complexity index is 980. The summed E-state index contributed by atoms with van der Waals surface area (Å²) in [5.74, 6) is -0.155. The number of aliphatic hydroxyl groups excluding tert-OH is 1. The molecule has 0 aliphatic heterocycles. The molecule has 2 heterocycles. The topological polar surface area (TPSA) is 122 Å². The molecule has 0 saturated carbocycles. The van der Waals surface area contributed by atoms with Gasteiger partial charge in [0.1, 0.15) is 11.5 Å². The van der Waals surface area contributed by atoms with E-state index in [4.69, 9.17) is 0 Å². The number of nitrogens with zero attached hydrogens (tertiary/aromatic N) is 3. The number of fused-ring (bicyclic) bond motifs is 1. The van der Waals surface area contributed by atoms with Gasteiger partial charge in [-0.3, -0.25) is 19.9 Å². The van der Waals surface area contributed by atoms with Gasteiger partial charge >= 0.3 is 0 Å². The summed E-state index contributed by atoms with van der Waals surface area (Å²) in [5.41, 5.74) is 0.359. The van der Waals surface area contributed by atoms with Crippen LogP contribution in [0.3, 0.4) is 0 Å². The normalized spacial score (nSPS) is 11.6. The first-order chi connectivity index (χ1) is 11.0. The van der Waals surface area contributed by atoms with Crippen molar-refractivity contribution < 1.29 is 10.0 Å². The molecular weight excluding hydrogens is 300 g/mol. The van der Waals surface area contributed by atoms with Crippen LogP contribution in [0, 0.1) is 10.1 Å². The minimum atomic E-state index is -0.562. The van der Waals surface area contributed by atoms with Crippen LogP contribution in [0.2, 0.25) is 0 Å². The summed E-state index contributed by atoms with van der Waals surface area (Å²) in [4.78, 5) is 32.7. The van der Waals surface area contributed by atoms with E-state index in [1.807, 2.05) is 0 Å². The molecule has 3 aromatic rings. The van der Waals surface area contributed by atoms with Gasteiger partial charge in [-0.1, -0.05) is 0 Å². The van der Waals surface area contributed by atoms with Gasteiger partial charge in [0.15, 0.2) is 0 Å².